The zero-order valence-electron chi connectivity index (χ0n) is 11.9. The minimum Gasteiger partial charge on any atom is -0.495 e. The first kappa shape index (κ1) is 15.1. The van der Waals surface area contributed by atoms with Gasteiger partial charge in [0.1, 0.15) is 5.75 Å². The molecule has 0 aliphatic heterocycles. The van der Waals surface area contributed by atoms with E-state index < -0.39 is 0 Å². The molecular formula is C15H17N3O2S. The average molecular weight is 303 g/mol. The molecule has 1 aromatic heterocycles. The van der Waals surface area contributed by atoms with Gasteiger partial charge < -0.3 is 10.1 Å². The van der Waals surface area contributed by atoms with Crippen LogP contribution in [0.1, 0.15) is 9.75 Å². The van der Waals surface area contributed by atoms with Crippen molar-refractivity contribution in [1.82, 2.24) is 5.43 Å². The first-order chi connectivity index (χ1) is 10.2. The van der Waals surface area contributed by atoms with E-state index in [2.05, 4.69) is 15.8 Å². The summed E-state index contributed by atoms with van der Waals surface area (Å²) in [5.41, 5.74) is 3.25. The fourth-order valence-electron chi connectivity index (χ4n) is 1.70. The summed E-state index contributed by atoms with van der Waals surface area (Å²) in [5, 5.41) is 6.93. The van der Waals surface area contributed by atoms with E-state index in [0.29, 0.717) is 5.75 Å². The zero-order valence-corrected chi connectivity index (χ0v) is 12.7. The molecule has 0 fully saturated rings. The van der Waals surface area contributed by atoms with Crippen molar-refractivity contribution in [3.8, 4) is 5.75 Å². The van der Waals surface area contributed by atoms with Crippen molar-refractivity contribution >= 4 is 29.1 Å². The number of para-hydroxylation sites is 2. The van der Waals surface area contributed by atoms with Gasteiger partial charge in [0.15, 0.2) is 0 Å². The lowest BCUT2D eigenvalue weighted by Crippen LogP contribution is -2.25. The number of hydrogen-bond acceptors (Lipinski definition) is 5. The van der Waals surface area contributed by atoms with Gasteiger partial charge in [-0.2, -0.15) is 5.10 Å². The topological polar surface area (TPSA) is 62.7 Å². The molecule has 5 nitrogen and oxygen atoms in total. The normalized spacial score (nSPS) is 10.6. The van der Waals surface area contributed by atoms with Crippen molar-refractivity contribution < 1.29 is 9.53 Å². The van der Waals surface area contributed by atoms with Crippen molar-refractivity contribution in [2.24, 2.45) is 5.10 Å². The van der Waals surface area contributed by atoms with E-state index in [1.807, 2.05) is 43.3 Å². The number of nitrogens with zero attached hydrogens (tertiary/aromatic N) is 1. The molecule has 0 aliphatic rings. The predicted octanol–water partition coefficient (Wildman–Crippen LogP) is 2.63. The summed E-state index contributed by atoms with van der Waals surface area (Å²) in [7, 11) is 1.59. The number of benzene rings is 1. The second-order valence-corrected chi connectivity index (χ2v) is 5.61. The largest absolute Gasteiger partial charge is 0.495 e. The van der Waals surface area contributed by atoms with Crippen LogP contribution in [0.3, 0.4) is 0 Å². The Morgan fingerprint density at radius 2 is 2.14 bits per heavy atom. The number of nitrogens with one attached hydrogen (secondary N) is 2. The number of carbonyl (C=O) groups excluding carboxylic acids is 1. The number of hydrogen-bond donors (Lipinski definition) is 2. The minimum absolute atomic E-state index is 0.126. The van der Waals surface area contributed by atoms with Crippen LogP contribution in [0.5, 0.6) is 5.75 Å². The van der Waals surface area contributed by atoms with Gasteiger partial charge in [-0.3, -0.25) is 4.79 Å². The smallest absolute Gasteiger partial charge is 0.259 e. The second kappa shape index (κ2) is 7.44. The molecule has 2 N–H and O–H groups in total. The van der Waals surface area contributed by atoms with Crippen molar-refractivity contribution in [2.45, 2.75) is 6.92 Å². The summed E-state index contributed by atoms with van der Waals surface area (Å²) in [6, 6.07) is 11.4. The Kier molecular flexibility index (Phi) is 5.34. The van der Waals surface area contributed by atoms with Crippen LogP contribution >= 0.6 is 11.3 Å². The second-order valence-electron chi connectivity index (χ2n) is 4.30. The Morgan fingerprint density at radius 3 is 2.86 bits per heavy atom. The first-order valence-electron chi connectivity index (χ1n) is 6.44. The standard InChI is InChI=1S/C15H17N3O2S/c1-11-7-8-12(21-11)9-17-18-15(19)10-16-13-5-3-4-6-14(13)20-2/h3-9,16H,10H2,1-2H3,(H,18,19)/b17-9-. The van der Waals surface area contributed by atoms with Gasteiger partial charge >= 0.3 is 0 Å². The minimum atomic E-state index is -0.217. The lowest BCUT2D eigenvalue weighted by molar-refractivity contribution is -0.119. The predicted molar refractivity (Wildman–Crippen MR) is 86.3 cm³/mol. The van der Waals surface area contributed by atoms with Gasteiger partial charge in [0.2, 0.25) is 0 Å². The molecule has 6 heteroatoms. The summed E-state index contributed by atoms with van der Waals surface area (Å²) < 4.78 is 5.20. The molecular weight excluding hydrogens is 286 g/mol. The molecule has 1 amide bonds. The summed E-state index contributed by atoms with van der Waals surface area (Å²) in [4.78, 5) is 13.9. The number of rotatable bonds is 6. The average Bonchev–Trinajstić information content (AvgIpc) is 2.91. The highest BCUT2D eigenvalue weighted by Crippen LogP contribution is 2.22. The Balaban J connectivity index is 1.81. The third-order valence-electron chi connectivity index (χ3n) is 2.69. The number of amides is 1. The maximum Gasteiger partial charge on any atom is 0.259 e. The van der Waals surface area contributed by atoms with E-state index >= 15 is 0 Å². The third-order valence-corrected chi connectivity index (χ3v) is 3.62. The molecule has 0 saturated heterocycles. The molecule has 0 radical (unpaired) electrons. The highest BCUT2D eigenvalue weighted by molar-refractivity contribution is 7.13. The third kappa shape index (κ3) is 4.61. The SMILES string of the molecule is COc1ccccc1NCC(=O)N/N=C\c1ccc(C)s1. The van der Waals surface area contributed by atoms with Crippen LogP contribution in [0.15, 0.2) is 41.5 Å². The Morgan fingerprint density at radius 1 is 1.33 bits per heavy atom. The molecule has 0 atom stereocenters. The lowest BCUT2D eigenvalue weighted by atomic mass is 10.3. The monoisotopic (exact) mass is 303 g/mol. The van der Waals surface area contributed by atoms with Crippen LogP contribution in [-0.2, 0) is 4.79 Å². The molecule has 21 heavy (non-hydrogen) atoms. The maximum absolute atomic E-state index is 11.7. The van der Waals surface area contributed by atoms with Crippen LogP contribution in [-0.4, -0.2) is 25.8 Å². The zero-order chi connectivity index (χ0) is 15.1. The van der Waals surface area contributed by atoms with E-state index in [4.69, 9.17) is 4.74 Å². The van der Waals surface area contributed by atoms with Crippen molar-refractivity contribution in [1.29, 1.82) is 0 Å². The highest BCUT2D eigenvalue weighted by atomic mass is 32.1. The van der Waals surface area contributed by atoms with Gasteiger partial charge in [-0.15, -0.1) is 11.3 Å². The molecule has 0 bridgehead atoms. The molecule has 2 aromatic rings. The van der Waals surface area contributed by atoms with Crippen LogP contribution < -0.4 is 15.5 Å². The van der Waals surface area contributed by atoms with E-state index in [1.54, 1.807) is 24.7 Å². The Labute approximate surface area is 127 Å². The number of anilines is 1. The maximum atomic E-state index is 11.7. The van der Waals surface area contributed by atoms with E-state index in [1.165, 1.54) is 4.88 Å². The van der Waals surface area contributed by atoms with E-state index in [0.717, 1.165) is 10.6 Å². The highest BCUT2D eigenvalue weighted by Gasteiger charge is 2.03. The number of methoxy groups -OCH3 is 1. The number of hydrazone groups is 1. The van der Waals surface area contributed by atoms with Crippen molar-refractivity contribution in [3.63, 3.8) is 0 Å². The number of aryl methyl sites for hydroxylation is 1. The van der Waals surface area contributed by atoms with Gasteiger partial charge in [0.05, 0.1) is 25.6 Å². The molecule has 1 aromatic carbocycles. The van der Waals surface area contributed by atoms with Gasteiger partial charge in [-0.1, -0.05) is 12.1 Å². The quantitative estimate of drug-likeness (QED) is 0.637. The molecule has 0 saturated carbocycles. The molecule has 0 spiro atoms. The summed E-state index contributed by atoms with van der Waals surface area (Å²) >= 11 is 1.62. The van der Waals surface area contributed by atoms with E-state index in [-0.39, 0.29) is 12.5 Å². The summed E-state index contributed by atoms with van der Waals surface area (Å²) in [5.74, 6) is 0.480. The number of thiophene rings is 1. The van der Waals surface area contributed by atoms with Crippen molar-refractivity contribution in [3.05, 3.63) is 46.2 Å². The van der Waals surface area contributed by atoms with Crippen LogP contribution in [0.25, 0.3) is 0 Å². The molecule has 0 unspecified atom stereocenters. The fraction of sp³-hybridized carbons (Fsp3) is 0.200. The van der Waals surface area contributed by atoms with Gasteiger partial charge in [0.25, 0.3) is 5.91 Å². The Bertz CT molecular complexity index is 637. The van der Waals surface area contributed by atoms with Crippen molar-refractivity contribution in [2.75, 3.05) is 19.0 Å². The lowest BCUT2D eigenvalue weighted by Gasteiger charge is -2.09. The first-order valence-corrected chi connectivity index (χ1v) is 7.26. The van der Waals surface area contributed by atoms with Crippen LogP contribution in [0, 0.1) is 6.92 Å². The Hall–Kier alpha value is -2.34. The molecule has 110 valence electrons. The van der Waals surface area contributed by atoms with E-state index in [9.17, 15) is 4.79 Å². The summed E-state index contributed by atoms with van der Waals surface area (Å²) in [6.45, 7) is 2.15. The molecule has 1 heterocycles. The van der Waals surface area contributed by atoms with Crippen LogP contribution in [0.4, 0.5) is 5.69 Å². The molecule has 2 rings (SSSR count). The van der Waals surface area contributed by atoms with Crippen LogP contribution in [0.2, 0.25) is 0 Å². The van der Waals surface area contributed by atoms with Gasteiger partial charge in [-0.05, 0) is 31.2 Å². The van der Waals surface area contributed by atoms with Gasteiger partial charge in [-0.25, -0.2) is 5.43 Å². The number of carbonyl (C=O) groups is 1. The fourth-order valence-corrected chi connectivity index (χ4v) is 2.45. The number of ether oxygens (including phenoxy) is 1. The molecule has 0 aliphatic carbocycles. The van der Waals surface area contributed by atoms with Gasteiger partial charge in [0, 0.05) is 9.75 Å². The summed E-state index contributed by atoms with van der Waals surface area (Å²) in [6.07, 6.45) is 1.64.